The number of aliphatic hydroxyl groups is 1. The van der Waals surface area contributed by atoms with Crippen LogP contribution in [0.2, 0.25) is 0 Å². The highest BCUT2D eigenvalue weighted by atomic mass is 16.7. The van der Waals surface area contributed by atoms with Crippen LogP contribution in [-0.2, 0) is 39.9 Å². The van der Waals surface area contributed by atoms with E-state index in [4.69, 9.17) is 23.7 Å². The van der Waals surface area contributed by atoms with Gasteiger partial charge >= 0.3 is 5.97 Å². The van der Waals surface area contributed by atoms with Gasteiger partial charge in [0.05, 0.1) is 49.7 Å². The van der Waals surface area contributed by atoms with Crippen molar-refractivity contribution < 1.29 is 38.4 Å². The predicted octanol–water partition coefficient (Wildman–Crippen LogP) is 7.49. The number of benzene rings is 1. The monoisotopic (exact) mass is 644 g/mol. The molecule has 2 aliphatic rings. The molecule has 8 nitrogen and oxygen atoms in total. The summed E-state index contributed by atoms with van der Waals surface area (Å²) in [7, 11) is 0. The molecule has 1 aromatic rings. The Hall–Kier alpha value is -2.10. The van der Waals surface area contributed by atoms with Gasteiger partial charge in [0.25, 0.3) is 0 Å². The van der Waals surface area contributed by atoms with E-state index in [2.05, 4.69) is 45.1 Å². The highest BCUT2D eigenvalue weighted by Gasteiger charge is 2.38. The van der Waals surface area contributed by atoms with Gasteiger partial charge in [-0.1, -0.05) is 63.3 Å². The fraction of sp³-hybridized carbons (Fsp3) is 0.737. The average molecular weight is 645 g/mol. The molecule has 0 unspecified atom stereocenters. The number of aliphatic hydroxyl groups excluding tert-OH is 1. The Labute approximate surface area is 277 Å². The Balaban J connectivity index is 1.51. The Kier molecular flexibility index (Phi) is 14.9. The van der Waals surface area contributed by atoms with Crippen molar-refractivity contribution in [2.24, 2.45) is 11.8 Å². The van der Waals surface area contributed by atoms with Crippen LogP contribution in [0.1, 0.15) is 119 Å². The van der Waals surface area contributed by atoms with E-state index in [-0.39, 0.29) is 55.2 Å². The molecular weight excluding hydrogens is 584 g/mol. The first-order valence-electron chi connectivity index (χ1n) is 17.3. The molecule has 3 rings (SSSR count). The zero-order chi connectivity index (χ0) is 33.9. The van der Waals surface area contributed by atoms with Gasteiger partial charge < -0.3 is 28.8 Å². The second kappa shape index (κ2) is 17.9. The van der Waals surface area contributed by atoms with E-state index in [1.54, 1.807) is 13.8 Å². The van der Waals surface area contributed by atoms with Crippen LogP contribution in [-0.4, -0.2) is 64.9 Å². The molecule has 0 spiro atoms. The van der Waals surface area contributed by atoms with Gasteiger partial charge in [-0.05, 0) is 71.3 Å². The van der Waals surface area contributed by atoms with Crippen LogP contribution in [0.15, 0.2) is 42.5 Å². The van der Waals surface area contributed by atoms with Crippen molar-refractivity contribution in [2.75, 3.05) is 0 Å². The summed E-state index contributed by atoms with van der Waals surface area (Å²) in [6, 6.07) is 10.2. The highest BCUT2D eigenvalue weighted by molar-refractivity contribution is 5.79. The zero-order valence-electron chi connectivity index (χ0n) is 29.5. The first-order valence-corrected chi connectivity index (χ1v) is 17.3. The van der Waals surface area contributed by atoms with Gasteiger partial charge in [0.1, 0.15) is 11.4 Å². The molecule has 1 aromatic carbocycles. The first-order chi connectivity index (χ1) is 21.6. The maximum atomic E-state index is 13.1. The summed E-state index contributed by atoms with van der Waals surface area (Å²) < 4.78 is 30.3. The molecule has 1 N–H and O–H groups in total. The molecule has 8 heteroatoms. The fourth-order valence-electron chi connectivity index (χ4n) is 6.28. The molecule has 0 aliphatic carbocycles. The number of ether oxygens (including phenoxy) is 5. The third kappa shape index (κ3) is 14.8. The van der Waals surface area contributed by atoms with Gasteiger partial charge in [-0.2, -0.15) is 0 Å². The van der Waals surface area contributed by atoms with Crippen molar-refractivity contribution in [1.29, 1.82) is 0 Å². The SMILES string of the molecule is CC(C)C/C=C/[C@@H](C[C@@H]1CC[C@H](C)[C@@H](C[C@@H](O)CC(=O)C[C@@H]2C[C@H](CC(=O)OC(C)(C)C)OC(C)(C)O2)O1)OCc1ccccc1. The number of hydrogen-bond acceptors (Lipinski definition) is 8. The minimum Gasteiger partial charge on any atom is -0.460 e. The first kappa shape index (κ1) is 38.3. The van der Waals surface area contributed by atoms with Crippen molar-refractivity contribution in [3.05, 3.63) is 48.0 Å². The lowest BCUT2D eigenvalue weighted by molar-refractivity contribution is -0.299. The van der Waals surface area contributed by atoms with E-state index in [0.717, 1.165) is 31.2 Å². The van der Waals surface area contributed by atoms with E-state index in [0.29, 0.717) is 25.4 Å². The number of Topliss-reactive ketones (excluding diaryl/α,β-unsaturated/α-hetero) is 1. The second-order valence-corrected chi connectivity index (χ2v) is 15.2. The molecule has 0 saturated carbocycles. The van der Waals surface area contributed by atoms with E-state index in [9.17, 15) is 14.7 Å². The lowest BCUT2D eigenvalue weighted by Gasteiger charge is -2.40. The molecule has 0 aromatic heterocycles. The summed E-state index contributed by atoms with van der Waals surface area (Å²) in [6.45, 7) is 16.2. The normalized spacial score (nSPS) is 26.6. The highest BCUT2D eigenvalue weighted by Crippen LogP contribution is 2.33. The Morgan fingerprint density at radius 3 is 2.35 bits per heavy atom. The molecule has 260 valence electrons. The molecule has 2 saturated heterocycles. The van der Waals surface area contributed by atoms with E-state index >= 15 is 0 Å². The lowest BCUT2D eigenvalue weighted by atomic mass is 9.87. The summed E-state index contributed by atoms with van der Waals surface area (Å²) in [5, 5.41) is 11.0. The Morgan fingerprint density at radius 2 is 1.70 bits per heavy atom. The number of hydrogen-bond donors (Lipinski definition) is 1. The summed E-state index contributed by atoms with van der Waals surface area (Å²) in [5.74, 6) is -0.474. The van der Waals surface area contributed by atoms with Gasteiger partial charge in [0, 0.05) is 32.1 Å². The van der Waals surface area contributed by atoms with Crippen LogP contribution in [0.4, 0.5) is 0 Å². The summed E-state index contributed by atoms with van der Waals surface area (Å²) in [6.07, 6.45) is 7.39. The van der Waals surface area contributed by atoms with Gasteiger partial charge in [-0.25, -0.2) is 0 Å². The zero-order valence-corrected chi connectivity index (χ0v) is 29.5. The third-order valence-electron chi connectivity index (χ3n) is 8.37. The maximum absolute atomic E-state index is 13.1. The molecule has 2 heterocycles. The molecule has 0 bridgehead atoms. The number of allylic oxidation sites excluding steroid dienone is 1. The molecule has 0 amide bonds. The van der Waals surface area contributed by atoms with Gasteiger partial charge in [0.2, 0.25) is 0 Å². The van der Waals surface area contributed by atoms with Gasteiger partial charge in [0.15, 0.2) is 5.79 Å². The summed E-state index contributed by atoms with van der Waals surface area (Å²) >= 11 is 0. The van der Waals surface area contributed by atoms with Crippen molar-refractivity contribution in [2.45, 2.75) is 168 Å². The largest absolute Gasteiger partial charge is 0.460 e. The smallest absolute Gasteiger partial charge is 0.308 e. The minimum atomic E-state index is -0.929. The van der Waals surface area contributed by atoms with Crippen molar-refractivity contribution in [3.8, 4) is 0 Å². The van der Waals surface area contributed by atoms with Crippen LogP contribution in [0.25, 0.3) is 0 Å². The summed E-state index contributed by atoms with van der Waals surface area (Å²) in [5.41, 5.74) is 0.562. The predicted molar refractivity (Wildman–Crippen MR) is 179 cm³/mol. The minimum absolute atomic E-state index is 0.0216. The molecule has 46 heavy (non-hydrogen) atoms. The molecule has 0 radical (unpaired) electrons. The van der Waals surface area contributed by atoms with E-state index < -0.39 is 29.7 Å². The fourth-order valence-corrected chi connectivity index (χ4v) is 6.28. The van der Waals surface area contributed by atoms with Crippen LogP contribution in [0.5, 0.6) is 0 Å². The van der Waals surface area contributed by atoms with Crippen molar-refractivity contribution in [1.82, 2.24) is 0 Å². The van der Waals surface area contributed by atoms with Crippen LogP contribution in [0, 0.1) is 11.8 Å². The number of carbonyl (C=O) groups excluding carboxylic acids is 2. The van der Waals surface area contributed by atoms with Crippen LogP contribution < -0.4 is 0 Å². The van der Waals surface area contributed by atoms with E-state index in [1.165, 1.54) is 0 Å². The number of carbonyl (C=O) groups is 2. The van der Waals surface area contributed by atoms with Gasteiger partial charge in [-0.3, -0.25) is 9.59 Å². The standard InChI is InChI=1S/C38H60O8/c1-26(2)13-12-16-31(42-25-28-14-10-9-11-15-28)22-32-18-17-27(3)35(43-32)21-30(40)19-29(39)20-33-23-34(45-38(7,8)44-33)24-36(41)46-37(4,5)6/h9-12,14-16,26-27,30-35,40H,13,17-25H2,1-8H3/b16-12+/t27-,30-,31-,32-,33+,34+,35+/m0/s1. The second-order valence-electron chi connectivity index (χ2n) is 15.2. The third-order valence-corrected chi connectivity index (χ3v) is 8.37. The van der Waals surface area contributed by atoms with Crippen LogP contribution in [0.3, 0.4) is 0 Å². The average Bonchev–Trinajstić information content (AvgIpc) is 2.91. The van der Waals surface area contributed by atoms with Crippen molar-refractivity contribution >= 4 is 11.8 Å². The molecule has 2 aliphatic heterocycles. The lowest BCUT2D eigenvalue weighted by Crippen LogP contribution is -2.46. The Morgan fingerprint density at radius 1 is 1.02 bits per heavy atom. The van der Waals surface area contributed by atoms with Gasteiger partial charge in [-0.15, -0.1) is 0 Å². The van der Waals surface area contributed by atoms with Crippen molar-refractivity contribution in [3.63, 3.8) is 0 Å². The number of esters is 1. The molecular formula is C38H60O8. The molecule has 2 fully saturated rings. The Bertz CT molecular complexity index is 1090. The van der Waals surface area contributed by atoms with E-state index in [1.807, 2.05) is 39.0 Å². The summed E-state index contributed by atoms with van der Waals surface area (Å²) in [4.78, 5) is 25.5. The quantitative estimate of drug-likeness (QED) is 0.146. The maximum Gasteiger partial charge on any atom is 0.308 e. The number of ketones is 1. The molecule has 7 atom stereocenters. The van der Waals surface area contributed by atoms with Crippen LogP contribution >= 0.6 is 0 Å². The number of rotatable bonds is 16. The topological polar surface area (TPSA) is 101 Å².